The second-order valence-corrected chi connectivity index (χ2v) is 6.69. The highest BCUT2D eigenvalue weighted by Crippen LogP contribution is 2.27. The standard InChI is InChI=1S/C14H14ClNO3S/c1-19-12-5-6-13(16)14(8-12)20(17,18)9-10-3-2-4-11(15)7-10/h2-8H,9,16H2,1H3. The molecular formula is C14H14ClNO3S. The van der Waals surface area contributed by atoms with Crippen molar-refractivity contribution in [3.8, 4) is 5.75 Å². The lowest BCUT2D eigenvalue weighted by Crippen LogP contribution is -2.08. The molecule has 0 bridgehead atoms. The Morgan fingerprint density at radius 3 is 2.60 bits per heavy atom. The number of anilines is 1. The van der Waals surface area contributed by atoms with Crippen molar-refractivity contribution in [1.82, 2.24) is 0 Å². The Labute approximate surface area is 123 Å². The number of methoxy groups -OCH3 is 1. The summed E-state index contributed by atoms with van der Waals surface area (Å²) in [5, 5.41) is 0.497. The van der Waals surface area contributed by atoms with Gasteiger partial charge in [-0.25, -0.2) is 8.42 Å². The molecule has 0 aliphatic rings. The molecule has 2 N–H and O–H groups in total. The molecular weight excluding hydrogens is 298 g/mol. The molecule has 20 heavy (non-hydrogen) atoms. The van der Waals surface area contributed by atoms with Crippen LogP contribution in [0.3, 0.4) is 0 Å². The zero-order valence-corrected chi connectivity index (χ0v) is 12.4. The highest BCUT2D eigenvalue weighted by Gasteiger charge is 2.19. The summed E-state index contributed by atoms with van der Waals surface area (Å²) in [6, 6.07) is 11.3. The fraction of sp³-hybridized carbons (Fsp3) is 0.143. The van der Waals surface area contributed by atoms with Crippen LogP contribution in [-0.2, 0) is 15.6 Å². The van der Waals surface area contributed by atoms with E-state index in [1.165, 1.54) is 19.2 Å². The van der Waals surface area contributed by atoms with Crippen molar-refractivity contribution < 1.29 is 13.2 Å². The number of rotatable bonds is 4. The van der Waals surface area contributed by atoms with Gasteiger partial charge in [-0.15, -0.1) is 0 Å². The van der Waals surface area contributed by atoms with Gasteiger partial charge in [-0.3, -0.25) is 0 Å². The average molecular weight is 312 g/mol. The summed E-state index contributed by atoms with van der Waals surface area (Å²) >= 11 is 5.86. The lowest BCUT2D eigenvalue weighted by molar-refractivity contribution is 0.413. The van der Waals surface area contributed by atoms with Crippen LogP contribution >= 0.6 is 11.6 Å². The molecule has 2 aromatic rings. The number of hydrogen-bond donors (Lipinski definition) is 1. The molecule has 0 spiro atoms. The van der Waals surface area contributed by atoms with Crippen molar-refractivity contribution >= 4 is 27.1 Å². The molecule has 0 unspecified atom stereocenters. The van der Waals surface area contributed by atoms with Crippen LogP contribution in [0.5, 0.6) is 5.75 Å². The minimum absolute atomic E-state index is 0.0665. The molecule has 0 amide bonds. The third-order valence-corrected chi connectivity index (χ3v) is 4.77. The Balaban J connectivity index is 2.40. The zero-order chi connectivity index (χ0) is 14.8. The summed E-state index contributed by atoms with van der Waals surface area (Å²) in [7, 11) is -2.09. The zero-order valence-electron chi connectivity index (χ0n) is 10.8. The first kappa shape index (κ1) is 14.7. The van der Waals surface area contributed by atoms with Gasteiger partial charge in [-0.05, 0) is 29.8 Å². The highest BCUT2D eigenvalue weighted by atomic mass is 35.5. The van der Waals surface area contributed by atoms with E-state index in [1.807, 2.05) is 0 Å². The van der Waals surface area contributed by atoms with Gasteiger partial charge < -0.3 is 10.5 Å². The van der Waals surface area contributed by atoms with Crippen LogP contribution in [0.25, 0.3) is 0 Å². The third-order valence-electron chi connectivity index (χ3n) is 2.80. The SMILES string of the molecule is COc1ccc(N)c(S(=O)(=O)Cc2cccc(Cl)c2)c1. The minimum atomic E-state index is -3.56. The van der Waals surface area contributed by atoms with E-state index in [2.05, 4.69) is 0 Å². The van der Waals surface area contributed by atoms with Gasteiger partial charge in [0.15, 0.2) is 9.84 Å². The fourth-order valence-corrected chi connectivity index (χ4v) is 3.54. The van der Waals surface area contributed by atoms with E-state index in [9.17, 15) is 8.42 Å². The van der Waals surface area contributed by atoms with E-state index in [0.29, 0.717) is 16.3 Å². The first-order valence-corrected chi connectivity index (χ1v) is 7.86. The van der Waals surface area contributed by atoms with Gasteiger partial charge >= 0.3 is 0 Å². The molecule has 6 heteroatoms. The number of nitrogen functional groups attached to an aromatic ring is 1. The van der Waals surface area contributed by atoms with E-state index in [4.69, 9.17) is 22.1 Å². The maximum atomic E-state index is 12.4. The van der Waals surface area contributed by atoms with Crippen LogP contribution < -0.4 is 10.5 Å². The monoisotopic (exact) mass is 311 g/mol. The molecule has 0 atom stereocenters. The van der Waals surface area contributed by atoms with Gasteiger partial charge in [0.25, 0.3) is 0 Å². The maximum absolute atomic E-state index is 12.4. The quantitative estimate of drug-likeness (QED) is 0.881. The van der Waals surface area contributed by atoms with Crippen LogP contribution in [0.15, 0.2) is 47.4 Å². The van der Waals surface area contributed by atoms with Crippen molar-refractivity contribution in [2.45, 2.75) is 10.6 Å². The molecule has 0 saturated heterocycles. The molecule has 0 radical (unpaired) electrons. The first-order valence-electron chi connectivity index (χ1n) is 5.83. The molecule has 0 fully saturated rings. The average Bonchev–Trinajstić information content (AvgIpc) is 2.38. The van der Waals surface area contributed by atoms with E-state index in [-0.39, 0.29) is 16.3 Å². The van der Waals surface area contributed by atoms with Gasteiger partial charge in [0.05, 0.1) is 23.4 Å². The maximum Gasteiger partial charge on any atom is 0.184 e. The van der Waals surface area contributed by atoms with Gasteiger partial charge in [-0.2, -0.15) is 0 Å². The van der Waals surface area contributed by atoms with E-state index in [1.54, 1.807) is 30.3 Å². The Bertz CT molecular complexity index is 729. The molecule has 106 valence electrons. The lowest BCUT2D eigenvalue weighted by Gasteiger charge is -2.09. The number of nitrogens with two attached hydrogens (primary N) is 1. The van der Waals surface area contributed by atoms with Gasteiger partial charge in [0, 0.05) is 11.1 Å². The van der Waals surface area contributed by atoms with Crippen molar-refractivity contribution in [1.29, 1.82) is 0 Å². The van der Waals surface area contributed by atoms with Crippen molar-refractivity contribution in [3.05, 3.63) is 53.1 Å². The fourth-order valence-electron chi connectivity index (χ4n) is 1.83. The number of hydrogen-bond acceptors (Lipinski definition) is 4. The number of benzene rings is 2. The molecule has 2 rings (SSSR count). The number of sulfone groups is 1. The van der Waals surface area contributed by atoms with E-state index < -0.39 is 9.84 Å². The normalized spacial score (nSPS) is 11.3. The highest BCUT2D eigenvalue weighted by molar-refractivity contribution is 7.90. The summed E-state index contributed by atoms with van der Waals surface area (Å²) in [6.07, 6.45) is 0. The molecule has 0 aliphatic heterocycles. The Morgan fingerprint density at radius 1 is 1.20 bits per heavy atom. The first-order chi connectivity index (χ1) is 9.42. The topological polar surface area (TPSA) is 69.4 Å². The van der Waals surface area contributed by atoms with Crippen LogP contribution in [0, 0.1) is 0 Å². The van der Waals surface area contributed by atoms with E-state index >= 15 is 0 Å². The molecule has 4 nitrogen and oxygen atoms in total. The summed E-state index contributed by atoms with van der Waals surface area (Å²) in [4.78, 5) is 0.0665. The smallest absolute Gasteiger partial charge is 0.184 e. The molecule has 0 aromatic heterocycles. The Hall–Kier alpha value is -1.72. The second kappa shape index (κ2) is 5.73. The van der Waals surface area contributed by atoms with Crippen LogP contribution in [-0.4, -0.2) is 15.5 Å². The lowest BCUT2D eigenvalue weighted by atomic mass is 10.2. The van der Waals surface area contributed by atoms with Crippen LogP contribution in [0.4, 0.5) is 5.69 Å². The second-order valence-electron chi connectivity index (χ2n) is 4.29. The summed E-state index contributed by atoms with van der Waals surface area (Å²) in [5.41, 5.74) is 6.57. The molecule has 0 aliphatic carbocycles. The summed E-state index contributed by atoms with van der Waals surface area (Å²) < 4.78 is 29.9. The minimum Gasteiger partial charge on any atom is -0.497 e. The largest absolute Gasteiger partial charge is 0.497 e. The predicted molar refractivity (Wildman–Crippen MR) is 79.7 cm³/mol. The number of ether oxygens (including phenoxy) is 1. The summed E-state index contributed by atoms with van der Waals surface area (Å²) in [6.45, 7) is 0. The molecule has 0 saturated carbocycles. The van der Waals surface area contributed by atoms with E-state index in [0.717, 1.165) is 0 Å². The molecule has 0 heterocycles. The summed E-state index contributed by atoms with van der Waals surface area (Å²) in [5.74, 6) is 0.286. The Morgan fingerprint density at radius 2 is 1.95 bits per heavy atom. The van der Waals surface area contributed by atoms with Gasteiger partial charge in [-0.1, -0.05) is 23.7 Å². The van der Waals surface area contributed by atoms with Crippen molar-refractivity contribution in [2.75, 3.05) is 12.8 Å². The third kappa shape index (κ3) is 3.23. The predicted octanol–water partition coefficient (Wildman–Crippen LogP) is 2.90. The van der Waals surface area contributed by atoms with Gasteiger partial charge in [0.2, 0.25) is 0 Å². The van der Waals surface area contributed by atoms with Crippen molar-refractivity contribution in [2.24, 2.45) is 0 Å². The van der Waals surface area contributed by atoms with Gasteiger partial charge in [0.1, 0.15) is 5.75 Å². The Kier molecular flexibility index (Phi) is 4.20. The number of halogens is 1. The van der Waals surface area contributed by atoms with Crippen molar-refractivity contribution in [3.63, 3.8) is 0 Å². The molecule has 2 aromatic carbocycles. The van der Waals surface area contributed by atoms with Crippen LogP contribution in [0.2, 0.25) is 5.02 Å². The van der Waals surface area contributed by atoms with Crippen LogP contribution in [0.1, 0.15) is 5.56 Å².